The van der Waals surface area contributed by atoms with Crippen molar-refractivity contribution in [1.82, 2.24) is 10.9 Å². The first kappa shape index (κ1) is 20.8. The number of hydrogen-bond donors (Lipinski definition) is 3. The number of hydrogen-bond acceptors (Lipinski definition) is 5. The molecule has 2 aromatic carbocycles. The Balaban J connectivity index is 1.43. The second-order valence-corrected chi connectivity index (χ2v) is 7.00. The lowest BCUT2D eigenvalue weighted by Crippen LogP contribution is -2.44. The zero-order chi connectivity index (χ0) is 21.5. The molecule has 0 radical (unpaired) electrons. The van der Waals surface area contributed by atoms with Gasteiger partial charge in [0.15, 0.2) is 0 Å². The molecule has 0 spiro atoms. The summed E-state index contributed by atoms with van der Waals surface area (Å²) >= 11 is 0. The van der Waals surface area contributed by atoms with Gasteiger partial charge in [0.25, 0.3) is 5.69 Å². The molecule has 0 unspecified atom stereocenters. The number of non-ortho nitro benzene ring substituents is 1. The SMILES string of the molecule is Cc1ccc(NC(=O)NNC(=O)CC2=CCN(c3ccc([N+](=O)[O-])cc3)CC2)cc1. The second kappa shape index (κ2) is 9.55. The van der Waals surface area contributed by atoms with Crippen molar-refractivity contribution in [2.75, 3.05) is 23.3 Å². The number of anilines is 2. The Bertz CT molecular complexity index is 954. The van der Waals surface area contributed by atoms with Crippen LogP contribution >= 0.6 is 0 Å². The number of carbonyl (C=O) groups is 2. The van der Waals surface area contributed by atoms with Crippen molar-refractivity contribution in [3.63, 3.8) is 0 Å². The number of carbonyl (C=O) groups excluding carboxylic acids is 2. The highest BCUT2D eigenvalue weighted by Gasteiger charge is 2.16. The summed E-state index contributed by atoms with van der Waals surface area (Å²) in [4.78, 5) is 36.4. The van der Waals surface area contributed by atoms with Gasteiger partial charge in [0, 0.05) is 43.0 Å². The number of nitrogens with zero attached hydrogens (tertiary/aromatic N) is 2. The third kappa shape index (κ3) is 5.81. The predicted molar refractivity (Wildman–Crippen MR) is 114 cm³/mol. The third-order valence-corrected chi connectivity index (χ3v) is 4.74. The van der Waals surface area contributed by atoms with Gasteiger partial charge in [-0.1, -0.05) is 29.3 Å². The molecule has 9 nitrogen and oxygen atoms in total. The summed E-state index contributed by atoms with van der Waals surface area (Å²) in [7, 11) is 0. The van der Waals surface area contributed by atoms with Crippen LogP contribution in [0.2, 0.25) is 0 Å². The monoisotopic (exact) mass is 409 g/mol. The lowest BCUT2D eigenvalue weighted by atomic mass is 10.0. The molecule has 156 valence electrons. The van der Waals surface area contributed by atoms with Gasteiger partial charge in [-0.05, 0) is 37.6 Å². The quantitative estimate of drug-likeness (QED) is 0.398. The van der Waals surface area contributed by atoms with E-state index in [1.54, 1.807) is 24.3 Å². The standard InChI is InChI=1S/C21H23N5O4/c1-15-2-4-17(5-3-15)22-21(28)24-23-20(27)14-16-10-12-25(13-11-16)18-6-8-19(9-7-18)26(29)30/h2-10H,11-14H2,1H3,(H,23,27)(H2,22,24,28). The molecule has 0 bridgehead atoms. The van der Waals surface area contributed by atoms with Gasteiger partial charge in [0.05, 0.1) is 4.92 Å². The van der Waals surface area contributed by atoms with Crippen molar-refractivity contribution in [2.45, 2.75) is 19.8 Å². The van der Waals surface area contributed by atoms with Gasteiger partial charge in [0.2, 0.25) is 5.91 Å². The Morgan fingerprint density at radius 1 is 1.07 bits per heavy atom. The molecule has 0 saturated heterocycles. The minimum Gasteiger partial charge on any atom is -0.367 e. The number of nitro groups is 1. The maximum absolute atomic E-state index is 12.1. The molecule has 0 aliphatic carbocycles. The van der Waals surface area contributed by atoms with Gasteiger partial charge in [0.1, 0.15) is 0 Å². The van der Waals surface area contributed by atoms with Crippen LogP contribution in [0.15, 0.2) is 60.2 Å². The summed E-state index contributed by atoms with van der Waals surface area (Å²) in [6, 6.07) is 13.2. The van der Waals surface area contributed by atoms with E-state index in [1.165, 1.54) is 12.1 Å². The molecule has 0 saturated carbocycles. The number of aryl methyl sites for hydroxylation is 1. The van der Waals surface area contributed by atoms with Crippen LogP contribution in [0.4, 0.5) is 21.9 Å². The van der Waals surface area contributed by atoms with Crippen LogP contribution in [0.5, 0.6) is 0 Å². The Labute approximate surface area is 173 Å². The number of amides is 3. The summed E-state index contributed by atoms with van der Waals surface area (Å²) < 4.78 is 0. The zero-order valence-electron chi connectivity index (χ0n) is 16.6. The molecule has 3 amide bonds. The summed E-state index contributed by atoms with van der Waals surface area (Å²) in [5.74, 6) is -0.302. The number of urea groups is 1. The molecule has 2 aromatic rings. The second-order valence-electron chi connectivity index (χ2n) is 7.00. The first-order valence-corrected chi connectivity index (χ1v) is 9.50. The third-order valence-electron chi connectivity index (χ3n) is 4.74. The van der Waals surface area contributed by atoms with Crippen LogP contribution < -0.4 is 21.1 Å². The molecule has 3 rings (SSSR count). The van der Waals surface area contributed by atoms with Crippen molar-refractivity contribution in [3.8, 4) is 0 Å². The maximum Gasteiger partial charge on any atom is 0.337 e. The van der Waals surface area contributed by atoms with E-state index in [-0.39, 0.29) is 18.0 Å². The number of nitro benzene ring substituents is 1. The minimum atomic E-state index is -0.519. The van der Waals surface area contributed by atoms with E-state index in [9.17, 15) is 19.7 Å². The van der Waals surface area contributed by atoms with E-state index in [4.69, 9.17) is 0 Å². The topological polar surface area (TPSA) is 117 Å². The van der Waals surface area contributed by atoms with Gasteiger partial charge < -0.3 is 10.2 Å². The minimum absolute atomic E-state index is 0.0579. The number of nitrogens with one attached hydrogen (secondary N) is 3. The Morgan fingerprint density at radius 2 is 1.77 bits per heavy atom. The molecule has 1 aliphatic heterocycles. The summed E-state index contributed by atoms with van der Waals surface area (Å²) in [6.07, 6.45) is 2.86. The van der Waals surface area contributed by atoms with Gasteiger partial charge in [-0.25, -0.2) is 10.2 Å². The smallest absolute Gasteiger partial charge is 0.337 e. The van der Waals surface area contributed by atoms with Gasteiger partial charge in [-0.3, -0.25) is 20.3 Å². The highest BCUT2D eigenvalue weighted by molar-refractivity contribution is 5.91. The van der Waals surface area contributed by atoms with E-state index in [2.05, 4.69) is 21.1 Å². The normalized spacial score (nSPS) is 13.2. The van der Waals surface area contributed by atoms with Crippen molar-refractivity contribution in [2.24, 2.45) is 0 Å². The maximum atomic E-state index is 12.1. The molecular formula is C21H23N5O4. The largest absolute Gasteiger partial charge is 0.367 e. The van der Waals surface area contributed by atoms with E-state index in [0.717, 1.165) is 16.8 Å². The number of rotatable bonds is 5. The average molecular weight is 409 g/mol. The molecule has 1 heterocycles. The molecule has 9 heteroatoms. The van der Waals surface area contributed by atoms with Crippen molar-refractivity contribution in [1.29, 1.82) is 0 Å². The molecule has 0 aromatic heterocycles. The first-order valence-electron chi connectivity index (χ1n) is 9.50. The highest BCUT2D eigenvalue weighted by Crippen LogP contribution is 2.23. The molecule has 0 atom stereocenters. The van der Waals surface area contributed by atoms with Crippen LogP contribution in [0.3, 0.4) is 0 Å². The number of hydrazine groups is 1. The fourth-order valence-corrected chi connectivity index (χ4v) is 3.07. The average Bonchev–Trinajstić information content (AvgIpc) is 2.74. The van der Waals surface area contributed by atoms with Crippen LogP contribution in [0.25, 0.3) is 0 Å². The van der Waals surface area contributed by atoms with E-state index in [1.807, 2.05) is 25.1 Å². The van der Waals surface area contributed by atoms with Crippen LogP contribution in [-0.2, 0) is 4.79 Å². The Morgan fingerprint density at radius 3 is 2.37 bits per heavy atom. The van der Waals surface area contributed by atoms with Gasteiger partial charge >= 0.3 is 6.03 Å². The van der Waals surface area contributed by atoms with E-state index < -0.39 is 11.0 Å². The molecule has 0 fully saturated rings. The molecule has 1 aliphatic rings. The van der Waals surface area contributed by atoms with Crippen molar-refractivity contribution in [3.05, 3.63) is 75.9 Å². The van der Waals surface area contributed by atoms with Crippen molar-refractivity contribution >= 4 is 29.0 Å². The molecule has 30 heavy (non-hydrogen) atoms. The van der Waals surface area contributed by atoms with E-state index in [0.29, 0.717) is 25.2 Å². The van der Waals surface area contributed by atoms with Gasteiger partial charge in [-0.2, -0.15) is 0 Å². The first-order chi connectivity index (χ1) is 14.4. The zero-order valence-corrected chi connectivity index (χ0v) is 16.6. The summed E-state index contributed by atoms with van der Waals surface area (Å²) in [5.41, 5.74) is 8.40. The molecule has 3 N–H and O–H groups in total. The fourth-order valence-electron chi connectivity index (χ4n) is 3.07. The Hall–Kier alpha value is -3.88. The Kier molecular flexibility index (Phi) is 6.63. The lowest BCUT2D eigenvalue weighted by Gasteiger charge is -2.28. The number of benzene rings is 2. The van der Waals surface area contributed by atoms with Crippen LogP contribution in [0.1, 0.15) is 18.4 Å². The summed E-state index contributed by atoms with van der Waals surface area (Å²) in [6.45, 7) is 3.27. The summed E-state index contributed by atoms with van der Waals surface area (Å²) in [5, 5.41) is 13.4. The van der Waals surface area contributed by atoms with Crippen LogP contribution in [-0.4, -0.2) is 30.0 Å². The highest BCUT2D eigenvalue weighted by atomic mass is 16.6. The molecular weight excluding hydrogens is 386 g/mol. The predicted octanol–water partition coefficient (Wildman–Crippen LogP) is 3.28. The van der Waals surface area contributed by atoms with E-state index >= 15 is 0 Å². The van der Waals surface area contributed by atoms with Crippen LogP contribution in [0, 0.1) is 17.0 Å². The fraction of sp³-hybridized carbons (Fsp3) is 0.238. The lowest BCUT2D eigenvalue weighted by molar-refractivity contribution is -0.384. The van der Waals surface area contributed by atoms with Crippen molar-refractivity contribution < 1.29 is 14.5 Å². The van der Waals surface area contributed by atoms with Gasteiger partial charge in [-0.15, -0.1) is 0 Å².